The molecule has 8 nitrogen and oxygen atoms in total. The highest BCUT2D eigenvalue weighted by molar-refractivity contribution is 7.89. The number of aryl methyl sites for hydroxylation is 1. The number of sulfonamides is 1. The van der Waals surface area contributed by atoms with Gasteiger partial charge in [-0.1, -0.05) is 18.2 Å². The molecule has 0 radical (unpaired) electrons. The van der Waals surface area contributed by atoms with Crippen LogP contribution in [0.4, 0.5) is 23.7 Å². The van der Waals surface area contributed by atoms with E-state index in [9.17, 15) is 31.5 Å². The van der Waals surface area contributed by atoms with Gasteiger partial charge in [-0.15, -0.1) is 13.2 Å². The Hall–Kier alpha value is -2.83. The molecule has 0 atom stereocenters. The molecule has 0 unspecified atom stereocenters. The highest BCUT2D eigenvalue weighted by Gasteiger charge is 2.41. The summed E-state index contributed by atoms with van der Waals surface area (Å²) >= 11 is 0. The molecule has 180 valence electrons. The number of rotatable bonds is 5. The molecule has 0 spiro atoms. The van der Waals surface area contributed by atoms with Gasteiger partial charge in [-0.25, -0.2) is 13.2 Å². The van der Waals surface area contributed by atoms with Crippen molar-refractivity contribution in [2.75, 3.05) is 25.0 Å². The Morgan fingerprint density at radius 1 is 1.09 bits per heavy atom. The fraction of sp³-hybridized carbons (Fsp3) is 0.381. The lowest BCUT2D eigenvalue weighted by Crippen LogP contribution is -2.50. The summed E-state index contributed by atoms with van der Waals surface area (Å²) in [6.07, 6.45) is -6.07. The van der Waals surface area contributed by atoms with Crippen LogP contribution in [0.15, 0.2) is 53.4 Å². The molecule has 3 rings (SSSR count). The molecule has 1 aliphatic heterocycles. The molecule has 2 aromatic rings. The number of hydrogen-bond acceptors (Lipinski definition) is 6. The molecule has 12 heteroatoms. The molecule has 1 fully saturated rings. The number of amides is 1. The molecular weight excluding hydrogens is 465 g/mol. The summed E-state index contributed by atoms with van der Waals surface area (Å²) in [5.41, 5.74) is 0.802. The van der Waals surface area contributed by atoms with Crippen molar-refractivity contribution >= 4 is 21.8 Å². The van der Waals surface area contributed by atoms with Crippen molar-refractivity contribution in [3.8, 4) is 5.75 Å². The molecule has 1 N–H and O–H groups in total. The lowest BCUT2D eigenvalue weighted by Gasteiger charge is -2.37. The van der Waals surface area contributed by atoms with Crippen molar-refractivity contribution in [1.29, 1.82) is 0 Å². The number of aliphatic hydroxyl groups is 1. The minimum Gasteiger partial charge on any atom is -0.417 e. The number of alkyl halides is 3. The highest BCUT2D eigenvalue weighted by Crippen LogP contribution is 2.30. The van der Waals surface area contributed by atoms with Crippen LogP contribution in [0.1, 0.15) is 18.4 Å². The number of ether oxygens (including phenoxy) is 2. The quantitative estimate of drug-likeness (QED) is 0.646. The third kappa shape index (κ3) is 5.95. The molecule has 0 aromatic heterocycles. The highest BCUT2D eigenvalue weighted by atomic mass is 32.2. The van der Waals surface area contributed by atoms with E-state index in [-0.39, 0.29) is 36.5 Å². The Morgan fingerprint density at radius 3 is 2.21 bits per heavy atom. The van der Waals surface area contributed by atoms with Crippen LogP contribution < -0.4 is 9.64 Å². The predicted octanol–water partition coefficient (Wildman–Crippen LogP) is 3.64. The second kappa shape index (κ2) is 9.20. The van der Waals surface area contributed by atoms with Crippen molar-refractivity contribution in [3.05, 3.63) is 54.1 Å². The van der Waals surface area contributed by atoms with Gasteiger partial charge in [0.05, 0.1) is 4.90 Å². The van der Waals surface area contributed by atoms with Gasteiger partial charge in [0.15, 0.2) is 0 Å². The first kappa shape index (κ1) is 24.8. The van der Waals surface area contributed by atoms with Crippen LogP contribution in [0.5, 0.6) is 5.75 Å². The number of anilines is 1. The van der Waals surface area contributed by atoms with Gasteiger partial charge in [0.25, 0.3) is 0 Å². The van der Waals surface area contributed by atoms with Crippen molar-refractivity contribution < 1.29 is 41.0 Å². The number of piperidine rings is 1. The summed E-state index contributed by atoms with van der Waals surface area (Å²) in [6, 6.07) is 11.1. The Labute approximate surface area is 189 Å². The predicted molar refractivity (Wildman–Crippen MR) is 112 cm³/mol. The first-order chi connectivity index (χ1) is 15.3. The maximum atomic E-state index is 12.9. The second-order valence-electron chi connectivity index (χ2n) is 7.58. The number of carbonyl (C=O) groups excluding carboxylic acids is 1. The van der Waals surface area contributed by atoms with Gasteiger partial charge in [0, 0.05) is 38.7 Å². The monoisotopic (exact) mass is 488 g/mol. The fourth-order valence-corrected chi connectivity index (χ4v) is 5.04. The maximum Gasteiger partial charge on any atom is 0.573 e. The average molecular weight is 488 g/mol. The van der Waals surface area contributed by atoms with Gasteiger partial charge in [-0.3, -0.25) is 4.90 Å². The summed E-state index contributed by atoms with van der Waals surface area (Å²) in [6.45, 7) is 1.56. The topological polar surface area (TPSA) is 96.4 Å². The Morgan fingerprint density at radius 2 is 1.67 bits per heavy atom. The molecule has 1 amide bonds. The van der Waals surface area contributed by atoms with E-state index in [0.29, 0.717) is 5.56 Å². The van der Waals surface area contributed by atoms with E-state index in [0.717, 1.165) is 17.0 Å². The molecule has 1 heterocycles. The van der Waals surface area contributed by atoms with Crippen LogP contribution in [0, 0.1) is 6.92 Å². The molecule has 0 bridgehead atoms. The number of halogens is 3. The molecular formula is C21H23F3N2O6S. The zero-order chi connectivity index (χ0) is 24.4. The van der Waals surface area contributed by atoms with E-state index < -0.39 is 34.0 Å². The maximum absolute atomic E-state index is 12.9. The van der Waals surface area contributed by atoms with E-state index in [2.05, 4.69) is 4.74 Å². The molecule has 33 heavy (non-hydrogen) atoms. The van der Waals surface area contributed by atoms with Gasteiger partial charge in [0.1, 0.15) is 5.75 Å². The zero-order valence-corrected chi connectivity index (χ0v) is 18.7. The van der Waals surface area contributed by atoms with Gasteiger partial charge in [0.2, 0.25) is 15.8 Å². The molecule has 0 saturated carbocycles. The van der Waals surface area contributed by atoms with Crippen LogP contribution in [-0.2, 0) is 14.8 Å². The number of hydrogen-bond donors (Lipinski definition) is 1. The second-order valence-corrected chi connectivity index (χ2v) is 9.49. The van der Waals surface area contributed by atoms with Crippen LogP contribution in [0.3, 0.4) is 0 Å². The van der Waals surface area contributed by atoms with Crippen molar-refractivity contribution in [2.45, 2.75) is 36.8 Å². The number of nitrogens with zero attached hydrogens (tertiary/aromatic N) is 2. The summed E-state index contributed by atoms with van der Waals surface area (Å²) in [7, 11) is -2.45. The normalized spacial score (nSPS) is 16.8. The van der Waals surface area contributed by atoms with Gasteiger partial charge < -0.3 is 14.6 Å². The van der Waals surface area contributed by atoms with Crippen LogP contribution in [-0.4, -0.2) is 56.2 Å². The largest absolute Gasteiger partial charge is 0.573 e. The molecule has 1 saturated heterocycles. The number of carbonyl (C=O) groups is 1. The van der Waals surface area contributed by atoms with Gasteiger partial charge in [-0.2, -0.15) is 4.31 Å². The van der Waals surface area contributed by atoms with E-state index in [1.807, 2.05) is 0 Å². The van der Waals surface area contributed by atoms with Crippen molar-refractivity contribution in [2.24, 2.45) is 0 Å². The average Bonchev–Trinajstić information content (AvgIpc) is 2.73. The summed E-state index contributed by atoms with van der Waals surface area (Å²) in [5, 5.41) is 10.7. The van der Waals surface area contributed by atoms with Crippen molar-refractivity contribution in [1.82, 2.24) is 4.31 Å². The van der Waals surface area contributed by atoms with E-state index in [1.54, 1.807) is 25.1 Å². The van der Waals surface area contributed by atoms with Gasteiger partial charge >= 0.3 is 12.5 Å². The first-order valence-corrected chi connectivity index (χ1v) is 11.4. The van der Waals surface area contributed by atoms with Crippen LogP contribution >= 0.6 is 0 Å². The minimum atomic E-state index is -4.84. The molecule has 2 aromatic carbocycles. The Balaban J connectivity index is 1.61. The third-order valence-corrected chi connectivity index (χ3v) is 7.28. The Kier molecular flexibility index (Phi) is 6.91. The summed E-state index contributed by atoms with van der Waals surface area (Å²) in [4.78, 5) is 13.7. The third-order valence-electron chi connectivity index (χ3n) is 5.22. The SMILES string of the molecule is Cc1ccccc1S(=O)(=O)N1CCC(O)(OC(=O)N(C)c2ccc(OC(F)(F)F)cc2)CC1. The minimum absolute atomic E-state index is 0.0619. The Bertz CT molecular complexity index is 1100. The zero-order valence-electron chi connectivity index (χ0n) is 17.9. The summed E-state index contributed by atoms with van der Waals surface area (Å²) in [5.74, 6) is -2.34. The fourth-order valence-electron chi connectivity index (χ4n) is 3.37. The standard InChI is InChI=1S/C21H23F3N2O6S/c1-15-5-3-4-6-18(15)33(29,30)26-13-11-20(28,12-14-26)32-19(27)25(2)16-7-9-17(10-8-16)31-21(22,23)24/h3-10,28H,11-14H2,1-2H3. The lowest BCUT2D eigenvalue weighted by molar-refractivity contribution is -0.274. The van der Waals surface area contributed by atoms with Gasteiger partial charge in [-0.05, 0) is 42.8 Å². The number of benzene rings is 2. The van der Waals surface area contributed by atoms with E-state index in [1.165, 1.54) is 29.6 Å². The smallest absolute Gasteiger partial charge is 0.417 e. The van der Waals surface area contributed by atoms with Crippen LogP contribution in [0.2, 0.25) is 0 Å². The lowest BCUT2D eigenvalue weighted by atomic mass is 10.1. The van der Waals surface area contributed by atoms with E-state index >= 15 is 0 Å². The van der Waals surface area contributed by atoms with Crippen molar-refractivity contribution in [3.63, 3.8) is 0 Å². The van der Waals surface area contributed by atoms with E-state index in [4.69, 9.17) is 4.74 Å². The molecule has 0 aliphatic carbocycles. The summed E-state index contributed by atoms with van der Waals surface area (Å²) < 4.78 is 72.8. The first-order valence-electron chi connectivity index (χ1n) is 9.91. The van der Waals surface area contributed by atoms with Crippen LogP contribution in [0.25, 0.3) is 0 Å². The molecule has 1 aliphatic rings.